The minimum Gasteiger partial charge on any atom is -0.293 e. The molecule has 0 atom stereocenters. The molecule has 0 fully saturated rings. The minimum absolute atomic E-state index is 0.0199. The van der Waals surface area contributed by atoms with E-state index in [1.165, 1.54) is 18.5 Å². The van der Waals surface area contributed by atoms with Gasteiger partial charge < -0.3 is 0 Å². The van der Waals surface area contributed by atoms with Gasteiger partial charge in [0, 0.05) is 12.0 Å². The summed E-state index contributed by atoms with van der Waals surface area (Å²) in [6.07, 6.45) is 3.84. The summed E-state index contributed by atoms with van der Waals surface area (Å²) in [5, 5.41) is 0. The fourth-order valence-corrected chi connectivity index (χ4v) is 1.89. The molecular formula is C8H6NO2S. The third-order valence-corrected chi connectivity index (χ3v) is 2.59. The molecule has 0 aromatic carbocycles. The molecule has 0 spiro atoms. The SMILES string of the molecule is O=C1[CH]NSC2=C1C=CCC2=O. The van der Waals surface area contributed by atoms with Gasteiger partial charge in [-0.15, -0.1) is 0 Å². The maximum absolute atomic E-state index is 11.2. The van der Waals surface area contributed by atoms with E-state index in [0.29, 0.717) is 16.9 Å². The zero-order chi connectivity index (χ0) is 8.55. The first kappa shape index (κ1) is 7.76. The van der Waals surface area contributed by atoms with Gasteiger partial charge in [0.15, 0.2) is 11.6 Å². The van der Waals surface area contributed by atoms with Crippen LogP contribution in [-0.2, 0) is 9.59 Å². The Bertz CT molecular complexity index is 317. The maximum atomic E-state index is 11.2. The second kappa shape index (κ2) is 2.88. The summed E-state index contributed by atoms with van der Waals surface area (Å²) < 4.78 is 2.69. The average Bonchev–Trinajstić information content (AvgIpc) is 2.07. The second-order valence-corrected chi connectivity index (χ2v) is 3.35. The molecule has 12 heavy (non-hydrogen) atoms. The number of carbonyl (C=O) groups is 2. The van der Waals surface area contributed by atoms with E-state index >= 15 is 0 Å². The fourth-order valence-electron chi connectivity index (χ4n) is 1.13. The van der Waals surface area contributed by atoms with Crippen LogP contribution < -0.4 is 4.72 Å². The smallest absolute Gasteiger partial charge is 0.184 e. The molecule has 1 heterocycles. The Hall–Kier alpha value is -0.870. The Labute approximate surface area is 74.0 Å². The predicted octanol–water partition coefficient (Wildman–Crippen LogP) is 0.752. The number of ketones is 2. The van der Waals surface area contributed by atoms with Crippen molar-refractivity contribution in [3.05, 3.63) is 29.2 Å². The third-order valence-electron chi connectivity index (χ3n) is 1.70. The third kappa shape index (κ3) is 1.13. The largest absolute Gasteiger partial charge is 0.293 e. The molecule has 4 heteroatoms. The van der Waals surface area contributed by atoms with E-state index in [-0.39, 0.29) is 11.6 Å². The molecule has 3 nitrogen and oxygen atoms in total. The molecule has 61 valence electrons. The van der Waals surface area contributed by atoms with Crippen molar-refractivity contribution in [3.8, 4) is 0 Å². The normalized spacial score (nSPS) is 23.0. The van der Waals surface area contributed by atoms with E-state index in [1.54, 1.807) is 12.2 Å². The Morgan fingerprint density at radius 2 is 2.25 bits per heavy atom. The van der Waals surface area contributed by atoms with E-state index in [1.807, 2.05) is 0 Å². The molecule has 1 N–H and O–H groups in total. The maximum Gasteiger partial charge on any atom is 0.184 e. The van der Waals surface area contributed by atoms with E-state index in [0.717, 1.165) is 0 Å². The van der Waals surface area contributed by atoms with Gasteiger partial charge in [0.25, 0.3) is 0 Å². The highest BCUT2D eigenvalue weighted by Crippen LogP contribution is 2.28. The van der Waals surface area contributed by atoms with Gasteiger partial charge in [-0.2, -0.15) is 0 Å². The van der Waals surface area contributed by atoms with Crippen molar-refractivity contribution in [1.82, 2.24) is 4.72 Å². The van der Waals surface area contributed by atoms with Crippen LogP contribution in [0.2, 0.25) is 0 Å². The first-order chi connectivity index (χ1) is 5.79. The van der Waals surface area contributed by atoms with Crippen molar-refractivity contribution in [2.45, 2.75) is 6.42 Å². The number of allylic oxidation sites excluding steroid dienone is 3. The molecule has 0 aromatic heterocycles. The van der Waals surface area contributed by atoms with Gasteiger partial charge in [-0.1, -0.05) is 12.2 Å². The predicted molar refractivity (Wildman–Crippen MR) is 45.8 cm³/mol. The Kier molecular flexibility index (Phi) is 1.86. The number of nitrogens with one attached hydrogen (secondary N) is 1. The molecule has 2 rings (SSSR count). The minimum atomic E-state index is -0.118. The Morgan fingerprint density at radius 1 is 1.42 bits per heavy atom. The van der Waals surface area contributed by atoms with Crippen molar-refractivity contribution in [2.24, 2.45) is 0 Å². The summed E-state index contributed by atoms with van der Waals surface area (Å²) in [4.78, 5) is 23.0. The van der Waals surface area contributed by atoms with Gasteiger partial charge in [-0.25, -0.2) is 4.72 Å². The second-order valence-electron chi connectivity index (χ2n) is 2.50. The molecule has 0 aromatic rings. The number of carbonyl (C=O) groups excluding carboxylic acids is 2. The number of Topliss-reactive ketones (excluding diaryl/α,β-unsaturated/α-hetero) is 2. The molecular weight excluding hydrogens is 174 g/mol. The molecule has 1 aliphatic carbocycles. The molecule has 0 amide bonds. The Morgan fingerprint density at radius 3 is 3.00 bits per heavy atom. The molecule has 2 aliphatic rings. The topological polar surface area (TPSA) is 46.2 Å². The summed E-state index contributed by atoms with van der Waals surface area (Å²) in [5.74, 6) is -0.0977. The highest BCUT2D eigenvalue weighted by molar-refractivity contribution is 8.02. The van der Waals surface area contributed by atoms with Crippen LogP contribution in [0.25, 0.3) is 0 Å². The number of hydrogen-bond donors (Lipinski definition) is 1. The van der Waals surface area contributed by atoms with Gasteiger partial charge in [0.05, 0.1) is 4.91 Å². The molecule has 0 saturated heterocycles. The van der Waals surface area contributed by atoms with Crippen LogP contribution in [0.4, 0.5) is 0 Å². The standard InChI is InChI=1S/C8H6NO2S/c10-6-3-1-2-5-7(11)4-9-12-8(5)6/h1-2,4,9H,3H2. The molecule has 0 saturated carbocycles. The summed E-state index contributed by atoms with van der Waals surface area (Å²) in [6.45, 7) is 1.37. The van der Waals surface area contributed by atoms with E-state index in [4.69, 9.17) is 0 Å². The lowest BCUT2D eigenvalue weighted by Crippen LogP contribution is -2.23. The summed E-state index contributed by atoms with van der Waals surface area (Å²) in [5.41, 5.74) is 0.523. The Balaban J connectivity index is 2.46. The highest BCUT2D eigenvalue weighted by Gasteiger charge is 2.25. The van der Waals surface area contributed by atoms with Gasteiger partial charge in [-0.05, 0) is 11.9 Å². The fraction of sp³-hybridized carbons (Fsp3) is 0.125. The number of rotatable bonds is 0. The van der Waals surface area contributed by atoms with Gasteiger partial charge >= 0.3 is 0 Å². The first-order valence-corrected chi connectivity index (χ1v) is 4.34. The molecule has 1 radical (unpaired) electrons. The lowest BCUT2D eigenvalue weighted by Gasteiger charge is -2.17. The quantitative estimate of drug-likeness (QED) is 0.559. The van der Waals surface area contributed by atoms with Crippen LogP contribution in [0.5, 0.6) is 0 Å². The summed E-state index contributed by atoms with van der Waals surface area (Å²) in [7, 11) is 0. The van der Waals surface area contributed by atoms with Crippen molar-refractivity contribution < 1.29 is 9.59 Å². The lowest BCUT2D eigenvalue weighted by atomic mass is 10.0. The summed E-state index contributed by atoms with van der Waals surface area (Å²) in [6, 6.07) is 0. The van der Waals surface area contributed by atoms with E-state index in [9.17, 15) is 9.59 Å². The lowest BCUT2D eigenvalue weighted by molar-refractivity contribution is -0.116. The monoisotopic (exact) mass is 180 g/mol. The van der Waals surface area contributed by atoms with Crippen molar-refractivity contribution in [3.63, 3.8) is 0 Å². The van der Waals surface area contributed by atoms with Crippen LogP contribution in [0.1, 0.15) is 6.42 Å². The van der Waals surface area contributed by atoms with Crippen LogP contribution >= 0.6 is 11.9 Å². The first-order valence-electron chi connectivity index (χ1n) is 3.53. The molecule has 1 aliphatic heterocycles. The van der Waals surface area contributed by atoms with Crippen LogP contribution in [-0.4, -0.2) is 11.6 Å². The van der Waals surface area contributed by atoms with Crippen molar-refractivity contribution >= 4 is 23.5 Å². The summed E-state index contributed by atoms with van der Waals surface area (Å²) >= 11 is 1.21. The van der Waals surface area contributed by atoms with Crippen LogP contribution in [0.15, 0.2) is 22.6 Å². The van der Waals surface area contributed by atoms with E-state index in [2.05, 4.69) is 4.72 Å². The van der Waals surface area contributed by atoms with Crippen molar-refractivity contribution in [2.75, 3.05) is 0 Å². The van der Waals surface area contributed by atoms with Crippen LogP contribution in [0.3, 0.4) is 0 Å². The van der Waals surface area contributed by atoms with Crippen molar-refractivity contribution in [1.29, 1.82) is 0 Å². The number of hydrogen-bond acceptors (Lipinski definition) is 4. The van der Waals surface area contributed by atoms with Crippen LogP contribution in [0, 0.1) is 6.54 Å². The zero-order valence-electron chi connectivity index (χ0n) is 6.16. The van der Waals surface area contributed by atoms with Gasteiger partial charge in [-0.3, -0.25) is 9.59 Å². The van der Waals surface area contributed by atoms with E-state index < -0.39 is 0 Å². The average molecular weight is 180 g/mol. The van der Waals surface area contributed by atoms with Gasteiger partial charge in [0.1, 0.15) is 6.54 Å². The molecule has 0 unspecified atom stereocenters. The highest BCUT2D eigenvalue weighted by atomic mass is 32.2. The zero-order valence-corrected chi connectivity index (χ0v) is 6.98. The molecule has 0 bridgehead atoms. The van der Waals surface area contributed by atoms with Gasteiger partial charge in [0.2, 0.25) is 0 Å².